The number of thiazole rings is 1. The number of rotatable bonds is 5. The Bertz CT molecular complexity index is 1020. The fourth-order valence-corrected chi connectivity index (χ4v) is 3.89. The molecule has 0 saturated heterocycles. The van der Waals surface area contributed by atoms with Gasteiger partial charge in [0.05, 0.1) is 16.4 Å². The zero-order valence-electron chi connectivity index (χ0n) is 15.3. The summed E-state index contributed by atoms with van der Waals surface area (Å²) in [7, 11) is 1.55. The number of hydrogen-bond acceptors (Lipinski definition) is 5. The van der Waals surface area contributed by atoms with Crippen LogP contribution in [0, 0.1) is 0 Å². The number of anilines is 1. The molecular formula is C21H19N3O3S. The van der Waals surface area contributed by atoms with Gasteiger partial charge in [-0.3, -0.25) is 14.5 Å². The van der Waals surface area contributed by atoms with E-state index in [-0.39, 0.29) is 25.0 Å². The summed E-state index contributed by atoms with van der Waals surface area (Å²) in [4.78, 5) is 30.3. The molecule has 1 N–H and O–H groups in total. The second-order valence-electron chi connectivity index (χ2n) is 6.41. The molecule has 1 aliphatic heterocycles. The topological polar surface area (TPSA) is 71.5 Å². The first-order chi connectivity index (χ1) is 13.6. The van der Waals surface area contributed by atoms with E-state index in [2.05, 4.69) is 17.4 Å². The highest BCUT2D eigenvalue weighted by Gasteiger charge is 2.27. The van der Waals surface area contributed by atoms with Gasteiger partial charge in [-0.25, -0.2) is 4.98 Å². The number of carbonyl (C=O) groups is 2. The lowest BCUT2D eigenvalue weighted by molar-refractivity contribution is -0.125. The Morgan fingerprint density at radius 2 is 2.07 bits per heavy atom. The minimum Gasteiger partial charge on any atom is -0.482 e. The molecule has 0 radical (unpaired) electrons. The van der Waals surface area contributed by atoms with Crippen molar-refractivity contribution in [2.24, 2.45) is 0 Å². The van der Waals surface area contributed by atoms with E-state index >= 15 is 0 Å². The van der Waals surface area contributed by atoms with Crippen molar-refractivity contribution in [1.29, 1.82) is 0 Å². The van der Waals surface area contributed by atoms with E-state index in [4.69, 9.17) is 9.72 Å². The molecule has 7 heteroatoms. The van der Waals surface area contributed by atoms with Crippen molar-refractivity contribution in [3.8, 4) is 17.0 Å². The van der Waals surface area contributed by atoms with Crippen LogP contribution in [-0.4, -0.2) is 37.0 Å². The summed E-state index contributed by atoms with van der Waals surface area (Å²) >= 11 is 1.61. The van der Waals surface area contributed by atoms with Gasteiger partial charge in [-0.1, -0.05) is 30.3 Å². The molecule has 0 aliphatic carbocycles. The van der Waals surface area contributed by atoms with Crippen molar-refractivity contribution >= 4 is 28.8 Å². The van der Waals surface area contributed by atoms with E-state index in [1.54, 1.807) is 18.4 Å². The first kappa shape index (κ1) is 18.2. The number of carbonyl (C=O) groups excluding carboxylic acids is 2. The minimum atomic E-state index is -0.240. The van der Waals surface area contributed by atoms with Gasteiger partial charge in [-0.2, -0.15) is 0 Å². The number of benzene rings is 2. The Morgan fingerprint density at radius 1 is 1.25 bits per heavy atom. The Kier molecular flexibility index (Phi) is 5.08. The summed E-state index contributed by atoms with van der Waals surface area (Å²) < 4.78 is 5.52. The van der Waals surface area contributed by atoms with Gasteiger partial charge in [0, 0.05) is 24.4 Å². The third kappa shape index (κ3) is 3.75. The van der Waals surface area contributed by atoms with Crippen molar-refractivity contribution < 1.29 is 14.3 Å². The first-order valence-corrected chi connectivity index (χ1v) is 9.78. The molecule has 6 nitrogen and oxygen atoms in total. The van der Waals surface area contributed by atoms with Gasteiger partial charge in [0.1, 0.15) is 12.3 Å². The zero-order valence-corrected chi connectivity index (χ0v) is 16.2. The smallest absolute Gasteiger partial charge is 0.265 e. The monoisotopic (exact) mass is 393 g/mol. The minimum absolute atomic E-state index is 0.0362. The summed E-state index contributed by atoms with van der Waals surface area (Å²) in [6, 6.07) is 15.8. The Morgan fingerprint density at radius 3 is 2.86 bits per heavy atom. The summed E-state index contributed by atoms with van der Waals surface area (Å²) in [5.74, 6) is 0.119. The van der Waals surface area contributed by atoms with Crippen molar-refractivity contribution in [3.05, 3.63) is 64.5 Å². The van der Waals surface area contributed by atoms with E-state index in [0.29, 0.717) is 11.4 Å². The zero-order chi connectivity index (χ0) is 19.5. The van der Waals surface area contributed by atoms with E-state index in [0.717, 1.165) is 22.7 Å². The molecule has 2 heterocycles. The van der Waals surface area contributed by atoms with Gasteiger partial charge in [0.25, 0.3) is 5.91 Å². The molecule has 2 aromatic carbocycles. The van der Waals surface area contributed by atoms with Crippen LogP contribution in [0.25, 0.3) is 11.3 Å². The standard InChI is InChI=1S/C21H19N3O3S/c1-22-19(25)11-24-17-10-15(7-8-18(17)27-12-21(24)26)16-13-28-20(23-16)9-14-5-3-2-4-6-14/h2-8,10,13H,9,11-12H2,1H3,(H,22,25). The number of fused-ring (bicyclic) bond motifs is 1. The van der Waals surface area contributed by atoms with E-state index < -0.39 is 0 Å². The van der Waals surface area contributed by atoms with Crippen LogP contribution in [0.3, 0.4) is 0 Å². The molecule has 3 aromatic rings. The number of likely N-dealkylation sites (N-methyl/N-ethyl adjacent to an activating group) is 1. The van der Waals surface area contributed by atoms with Crippen LogP contribution in [0.4, 0.5) is 5.69 Å². The summed E-state index contributed by atoms with van der Waals surface area (Å²) in [6.45, 7) is -0.104. The molecular weight excluding hydrogens is 374 g/mol. The second kappa shape index (κ2) is 7.82. The highest BCUT2D eigenvalue weighted by atomic mass is 32.1. The number of nitrogens with zero attached hydrogens (tertiary/aromatic N) is 2. The third-order valence-electron chi connectivity index (χ3n) is 4.53. The molecule has 0 fully saturated rings. The number of ether oxygens (including phenoxy) is 1. The van der Waals surface area contributed by atoms with Gasteiger partial charge < -0.3 is 10.1 Å². The maximum Gasteiger partial charge on any atom is 0.265 e. The highest BCUT2D eigenvalue weighted by molar-refractivity contribution is 7.10. The van der Waals surface area contributed by atoms with Crippen molar-refractivity contribution in [2.75, 3.05) is 25.1 Å². The van der Waals surface area contributed by atoms with Gasteiger partial charge in [-0.15, -0.1) is 11.3 Å². The number of nitrogens with one attached hydrogen (secondary N) is 1. The Hall–Kier alpha value is -3.19. The predicted octanol–water partition coefficient (Wildman–Crippen LogP) is 2.87. The third-order valence-corrected chi connectivity index (χ3v) is 5.38. The molecule has 0 saturated carbocycles. The van der Waals surface area contributed by atoms with Crippen LogP contribution in [-0.2, 0) is 16.0 Å². The number of amides is 2. The van der Waals surface area contributed by atoms with Crippen LogP contribution < -0.4 is 15.0 Å². The first-order valence-electron chi connectivity index (χ1n) is 8.90. The van der Waals surface area contributed by atoms with E-state index in [1.807, 2.05) is 41.8 Å². The number of aromatic nitrogens is 1. The molecule has 0 spiro atoms. The van der Waals surface area contributed by atoms with Crippen molar-refractivity contribution in [2.45, 2.75) is 6.42 Å². The Labute approximate surface area is 166 Å². The molecule has 0 atom stereocenters. The molecule has 142 valence electrons. The van der Waals surface area contributed by atoms with Crippen LogP contribution in [0.5, 0.6) is 5.75 Å². The second-order valence-corrected chi connectivity index (χ2v) is 7.36. The summed E-state index contributed by atoms with van der Waals surface area (Å²) in [5, 5.41) is 5.58. The fourth-order valence-electron chi connectivity index (χ4n) is 3.05. The van der Waals surface area contributed by atoms with Crippen molar-refractivity contribution in [1.82, 2.24) is 10.3 Å². The maximum atomic E-state index is 12.3. The lowest BCUT2D eigenvalue weighted by Crippen LogP contribution is -2.44. The van der Waals surface area contributed by atoms with Gasteiger partial charge in [0.2, 0.25) is 5.91 Å². The molecule has 0 unspecified atom stereocenters. The molecule has 1 aromatic heterocycles. The fraction of sp³-hybridized carbons (Fsp3) is 0.190. The number of hydrogen-bond donors (Lipinski definition) is 1. The van der Waals surface area contributed by atoms with Crippen LogP contribution in [0.2, 0.25) is 0 Å². The van der Waals surface area contributed by atoms with Crippen LogP contribution >= 0.6 is 11.3 Å². The van der Waals surface area contributed by atoms with Crippen LogP contribution in [0.15, 0.2) is 53.9 Å². The highest BCUT2D eigenvalue weighted by Crippen LogP contribution is 2.36. The largest absolute Gasteiger partial charge is 0.482 e. The molecule has 0 bridgehead atoms. The lowest BCUT2D eigenvalue weighted by atomic mass is 10.1. The summed E-state index contributed by atoms with van der Waals surface area (Å²) in [6.07, 6.45) is 0.779. The normalized spacial score (nSPS) is 13.0. The van der Waals surface area contributed by atoms with E-state index in [9.17, 15) is 9.59 Å². The Balaban J connectivity index is 1.61. The van der Waals surface area contributed by atoms with Gasteiger partial charge in [-0.05, 0) is 23.8 Å². The SMILES string of the molecule is CNC(=O)CN1C(=O)COc2ccc(-c3csc(Cc4ccccc4)n3)cc21. The average Bonchev–Trinajstić information content (AvgIpc) is 3.19. The van der Waals surface area contributed by atoms with Crippen LogP contribution in [0.1, 0.15) is 10.6 Å². The van der Waals surface area contributed by atoms with Crippen molar-refractivity contribution in [3.63, 3.8) is 0 Å². The summed E-state index contributed by atoms with van der Waals surface area (Å²) in [5.41, 5.74) is 3.53. The quantitative estimate of drug-likeness (QED) is 0.724. The van der Waals surface area contributed by atoms with Gasteiger partial charge >= 0.3 is 0 Å². The molecule has 4 rings (SSSR count). The average molecular weight is 393 g/mol. The molecule has 2 amide bonds. The predicted molar refractivity (Wildman–Crippen MR) is 109 cm³/mol. The van der Waals surface area contributed by atoms with Gasteiger partial charge in [0.15, 0.2) is 6.61 Å². The molecule has 28 heavy (non-hydrogen) atoms. The molecule has 1 aliphatic rings. The van der Waals surface area contributed by atoms with E-state index in [1.165, 1.54) is 10.5 Å². The maximum absolute atomic E-state index is 12.3. The lowest BCUT2D eigenvalue weighted by Gasteiger charge is -2.29.